The molecule has 5 nitrogen and oxygen atoms in total. The van der Waals surface area contributed by atoms with Gasteiger partial charge in [0.05, 0.1) is 12.1 Å². The fraction of sp³-hybridized carbons (Fsp3) is 0.556. The topological polar surface area (TPSA) is 84.2 Å². The normalized spacial score (nSPS) is 14.9. The molecule has 0 saturated carbocycles. The first kappa shape index (κ1) is 19.2. The molecule has 0 aromatic heterocycles. The van der Waals surface area contributed by atoms with E-state index in [0.29, 0.717) is 5.69 Å². The molecule has 23 heavy (non-hydrogen) atoms. The van der Waals surface area contributed by atoms with E-state index in [9.17, 15) is 9.59 Å². The van der Waals surface area contributed by atoms with Crippen LogP contribution in [-0.4, -0.2) is 31.3 Å². The molecule has 0 aliphatic rings. The second kappa shape index (κ2) is 7.13. The smallest absolute Gasteiger partial charge is 0.238 e. The summed E-state index contributed by atoms with van der Waals surface area (Å²) in [6, 6.07) is 6.49. The Morgan fingerprint density at radius 1 is 1.22 bits per heavy atom. The molecular formula is C18H29N3O2. The van der Waals surface area contributed by atoms with Gasteiger partial charge < -0.3 is 21.2 Å². The Balaban J connectivity index is 3.06. The maximum absolute atomic E-state index is 12.7. The number of rotatable bonds is 6. The van der Waals surface area contributed by atoms with Crippen molar-refractivity contribution in [3.05, 3.63) is 29.8 Å². The van der Waals surface area contributed by atoms with Crippen molar-refractivity contribution in [1.82, 2.24) is 10.6 Å². The molecule has 2 unspecified atom stereocenters. The van der Waals surface area contributed by atoms with E-state index >= 15 is 0 Å². The van der Waals surface area contributed by atoms with E-state index in [1.54, 1.807) is 7.05 Å². The summed E-state index contributed by atoms with van der Waals surface area (Å²) in [5, 5.41) is 5.92. The number of benzene rings is 1. The average molecular weight is 319 g/mol. The minimum absolute atomic E-state index is 0.202. The van der Waals surface area contributed by atoms with Gasteiger partial charge in [-0.15, -0.1) is 0 Å². The number of likely N-dealkylation sites (N-methyl/N-ethyl adjacent to an activating group) is 1. The van der Waals surface area contributed by atoms with Gasteiger partial charge in [-0.05, 0) is 30.2 Å². The van der Waals surface area contributed by atoms with E-state index in [4.69, 9.17) is 5.73 Å². The number of carbonyl (C=O) groups excluding carboxylic acids is 2. The summed E-state index contributed by atoms with van der Waals surface area (Å²) >= 11 is 0. The predicted octanol–water partition coefficient (Wildman–Crippen LogP) is 1.86. The first-order chi connectivity index (χ1) is 10.5. The molecule has 5 heteroatoms. The molecule has 0 radical (unpaired) electrons. The van der Waals surface area contributed by atoms with Crippen molar-refractivity contribution in [3.63, 3.8) is 0 Å². The van der Waals surface area contributed by atoms with Gasteiger partial charge in [0.2, 0.25) is 5.91 Å². The van der Waals surface area contributed by atoms with Crippen molar-refractivity contribution in [1.29, 1.82) is 0 Å². The van der Waals surface area contributed by atoms with Crippen LogP contribution in [0.15, 0.2) is 24.3 Å². The van der Waals surface area contributed by atoms with Gasteiger partial charge in [0.1, 0.15) is 6.29 Å². The number of anilines is 1. The fourth-order valence-corrected chi connectivity index (χ4v) is 2.62. The maximum atomic E-state index is 12.7. The summed E-state index contributed by atoms with van der Waals surface area (Å²) in [6.45, 7) is 9.72. The minimum Gasteiger partial charge on any atom is -0.399 e. The summed E-state index contributed by atoms with van der Waals surface area (Å²) in [4.78, 5) is 24.0. The summed E-state index contributed by atoms with van der Waals surface area (Å²) in [5.74, 6) is -0.202. The van der Waals surface area contributed by atoms with Gasteiger partial charge in [0.15, 0.2) is 0 Å². The maximum Gasteiger partial charge on any atom is 0.238 e. The van der Waals surface area contributed by atoms with Gasteiger partial charge in [-0.3, -0.25) is 4.79 Å². The largest absolute Gasteiger partial charge is 0.399 e. The van der Waals surface area contributed by atoms with Crippen molar-refractivity contribution in [2.45, 2.75) is 52.1 Å². The minimum atomic E-state index is -0.539. The third kappa shape index (κ3) is 4.55. The lowest BCUT2D eigenvalue weighted by molar-refractivity contribution is -0.128. The van der Waals surface area contributed by atoms with E-state index in [1.807, 2.05) is 58.9 Å². The average Bonchev–Trinajstić information content (AvgIpc) is 2.44. The summed E-state index contributed by atoms with van der Waals surface area (Å²) in [5.41, 5.74) is 6.66. The third-order valence-corrected chi connectivity index (χ3v) is 4.27. The molecule has 0 saturated heterocycles. The second-order valence-corrected chi connectivity index (χ2v) is 7.56. The number of nitrogens with two attached hydrogens (primary N) is 1. The molecule has 4 N–H and O–H groups in total. The number of carbonyl (C=O) groups is 2. The SMILES string of the molecule is CNC(C(=O)NC(C=O)C(C)(C)C)C(C)(C)c1cccc(N)c1. The summed E-state index contributed by atoms with van der Waals surface area (Å²) in [7, 11) is 1.74. The lowest BCUT2D eigenvalue weighted by atomic mass is 9.76. The second-order valence-electron chi connectivity index (χ2n) is 7.56. The summed E-state index contributed by atoms with van der Waals surface area (Å²) < 4.78 is 0. The summed E-state index contributed by atoms with van der Waals surface area (Å²) in [6.07, 6.45) is 0.790. The Morgan fingerprint density at radius 3 is 2.26 bits per heavy atom. The van der Waals surface area contributed by atoms with Crippen LogP contribution >= 0.6 is 0 Å². The third-order valence-electron chi connectivity index (χ3n) is 4.27. The highest BCUT2D eigenvalue weighted by atomic mass is 16.2. The highest BCUT2D eigenvalue weighted by Gasteiger charge is 2.37. The van der Waals surface area contributed by atoms with Crippen LogP contribution < -0.4 is 16.4 Å². The Kier molecular flexibility index (Phi) is 5.94. The first-order valence-electron chi connectivity index (χ1n) is 7.83. The number of nitrogen functional groups attached to an aromatic ring is 1. The molecule has 0 fully saturated rings. The molecule has 0 spiro atoms. The molecule has 1 rings (SSSR count). The van der Waals surface area contributed by atoms with E-state index in [2.05, 4.69) is 10.6 Å². The van der Waals surface area contributed by atoms with E-state index in [-0.39, 0.29) is 11.3 Å². The monoisotopic (exact) mass is 319 g/mol. The van der Waals surface area contributed by atoms with Gasteiger partial charge in [0.25, 0.3) is 0 Å². The number of aldehydes is 1. The Labute approximate surface area is 139 Å². The molecular weight excluding hydrogens is 290 g/mol. The molecule has 0 aliphatic heterocycles. The molecule has 1 aromatic carbocycles. The lowest BCUT2D eigenvalue weighted by Gasteiger charge is -2.36. The van der Waals surface area contributed by atoms with Crippen LogP contribution in [0.3, 0.4) is 0 Å². The van der Waals surface area contributed by atoms with Crippen LogP contribution in [0.25, 0.3) is 0 Å². The van der Waals surface area contributed by atoms with Crippen LogP contribution in [-0.2, 0) is 15.0 Å². The lowest BCUT2D eigenvalue weighted by Crippen LogP contribution is -2.57. The molecule has 1 aromatic rings. The molecule has 128 valence electrons. The van der Waals surface area contributed by atoms with Crippen molar-refractivity contribution in [2.24, 2.45) is 5.41 Å². The van der Waals surface area contributed by atoms with Crippen LogP contribution in [0.5, 0.6) is 0 Å². The standard InChI is InChI=1S/C18H29N3O2/c1-17(2,3)14(11-22)21-16(23)15(20-6)18(4,5)12-8-7-9-13(19)10-12/h7-11,14-15,20H,19H2,1-6H3,(H,21,23). The number of hydrogen-bond donors (Lipinski definition) is 3. The molecule has 0 aliphatic carbocycles. The Morgan fingerprint density at radius 2 is 1.83 bits per heavy atom. The van der Waals surface area contributed by atoms with Crippen LogP contribution in [0.2, 0.25) is 0 Å². The van der Waals surface area contributed by atoms with Crippen LogP contribution in [0.1, 0.15) is 40.2 Å². The quantitative estimate of drug-likeness (QED) is 0.552. The Hall–Kier alpha value is -1.88. The van der Waals surface area contributed by atoms with Gasteiger partial charge in [-0.2, -0.15) is 0 Å². The molecule has 0 bridgehead atoms. The molecule has 0 heterocycles. The van der Waals surface area contributed by atoms with Crippen molar-refractivity contribution in [2.75, 3.05) is 12.8 Å². The Bertz CT molecular complexity index is 562. The zero-order valence-corrected chi connectivity index (χ0v) is 14.9. The van der Waals surface area contributed by atoms with Crippen LogP contribution in [0, 0.1) is 5.41 Å². The zero-order valence-electron chi connectivity index (χ0n) is 14.9. The van der Waals surface area contributed by atoms with Gasteiger partial charge in [-0.25, -0.2) is 0 Å². The van der Waals surface area contributed by atoms with Crippen LogP contribution in [0.4, 0.5) is 5.69 Å². The molecule has 2 atom stereocenters. The van der Waals surface area contributed by atoms with Crippen molar-refractivity contribution >= 4 is 17.9 Å². The highest BCUT2D eigenvalue weighted by Crippen LogP contribution is 2.29. The number of amides is 1. The fourth-order valence-electron chi connectivity index (χ4n) is 2.62. The predicted molar refractivity (Wildman–Crippen MR) is 94.2 cm³/mol. The number of hydrogen-bond acceptors (Lipinski definition) is 4. The van der Waals surface area contributed by atoms with E-state index in [1.165, 1.54) is 0 Å². The van der Waals surface area contributed by atoms with Gasteiger partial charge in [0, 0.05) is 11.1 Å². The van der Waals surface area contributed by atoms with Gasteiger partial charge >= 0.3 is 0 Å². The van der Waals surface area contributed by atoms with E-state index in [0.717, 1.165) is 11.8 Å². The highest BCUT2D eigenvalue weighted by molar-refractivity contribution is 5.86. The van der Waals surface area contributed by atoms with Crippen molar-refractivity contribution < 1.29 is 9.59 Å². The zero-order chi connectivity index (χ0) is 17.8. The van der Waals surface area contributed by atoms with Crippen molar-refractivity contribution in [3.8, 4) is 0 Å². The van der Waals surface area contributed by atoms with Gasteiger partial charge in [-0.1, -0.05) is 46.8 Å². The van der Waals surface area contributed by atoms with E-state index < -0.39 is 17.5 Å². The molecule has 1 amide bonds. The number of nitrogens with one attached hydrogen (secondary N) is 2. The first-order valence-corrected chi connectivity index (χ1v) is 7.83.